The fourth-order valence-corrected chi connectivity index (χ4v) is 6.46. The highest BCUT2D eigenvalue weighted by atomic mass is 19.4. The fraction of sp³-hybridized carbons (Fsp3) is 0.267. The molecule has 214 valence electrons. The lowest BCUT2D eigenvalue weighted by Crippen LogP contribution is -2.35. The summed E-state index contributed by atoms with van der Waals surface area (Å²) in [6.07, 6.45) is 0.905. The van der Waals surface area contributed by atoms with Crippen LogP contribution in [0.15, 0.2) is 61.1 Å². The number of halogens is 5. The minimum Gasteiger partial charge on any atom is -0.368 e. The number of nitrogens with zero attached hydrogens (tertiary/aromatic N) is 4. The van der Waals surface area contributed by atoms with Crippen LogP contribution in [0.2, 0.25) is 0 Å². The summed E-state index contributed by atoms with van der Waals surface area (Å²) < 4.78 is 72.2. The van der Waals surface area contributed by atoms with Gasteiger partial charge in [-0.1, -0.05) is 6.07 Å². The van der Waals surface area contributed by atoms with E-state index in [1.165, 1.54) is 6.20 Å². The summed E-state index contributed by atoms with van der Waals surface area (Å²) in [7, 11) is 0. The van der Waals surface area contributed by atoms with Gasteiger partial charge in [-0.3, -0.25) is 14.5 Å². The molecule has 12 heteroatoms. The smallest absolute Gasteiger partial charge is 0.368 e. The van der Waals surface area contributed by atoms with Crippen molar-refractivity contribution in [2.75, 3.05) is 0 Å². The number of pyridine rings is 2. The molecule has 1 saturated carbocycles. The predicted molar refractivity (Wildman–Crippen MR) is 142 cm³/mol. The van der Waals surface area contributed by atoms with Gasteiger partial charge in [-0.05, 0) is 67.0 Å². The molecule has 2 aliphatic rings. The predicted octanol–water partition coefficient (Wildman–Crippen LogP) is 5.83. The van der Waals surface area contributed by atoms with E-state index in [1.807, 2.05) is 12.1 Å². The highest BCUT2D eigenvalue weighted by Crippen LogP contribution is 2.59. The molecule has 42 heavy (non-hydrogen) atoms. The Balaban J connectivity index is 1.43. The number of H-pyrrole nitrogens is 1. The Bertz CT molecular complexity index is 1840. The first-order valence-corrected chi connectivity index (χ1v) is 13.4. The maximum Gasteiger partial charge on any atom is 0.435 e. The van der Waals surface area contributed by atoms with Crippen molar-refractivity contribution in [2.45, 2.75) is 43.3 Å². The number of aromatic amines is 1. The molecule has 1 amide bonds. The standard InChI is InChI=1S/C30H23F5N6O/c31-18-6-14(7-19(32)12-18)8-22(25-20(2-1-4-37-25)17-9-15-3-5-38-29(15)39-13-17)26(28(36)42)41-23-11-16-10-21(16)24(23)27(40-41)30(33,34)35/h1-7,9,12-13,16,21-22,26H,8,10-11H2,(H2,36,42)(H,38,39)/t16?,21?,22-,26?/m1/s1. The Morgan fingerprint density at radius 1 is 1.12 bits per heavy atom. The molecule has 0 saturated heterocycles. The Labute approximate surface area is 235 Å². The third-order valence-electron chi connectivity index (χ3n) is 8.28. The lowest BCUT2D eigenvalue weighted by molar-refractivity contribution is -0.142. The molecule has 1 aromatic carbocycles. The second-order valence-corrected chi connectivity index (χ2v) is 11.0. The van der Waals surface area contributed by atoms with Crippen molar-refractivity contribution in [3.05, 3.63) is 101 Å². The van der Waals surface area contributed by atoms with E-state index in [9.17, 15) is 26.7 Å². The van der Waals surface area contributed by atoms with Crippen molar-refractivity contribution < 1.29 is 26.7 Å². The molecule has 4 aromatic heterocycles. The molecule has 4 atom stereocenters. The number of carbonyl (C=O) groups excluding carboxylic acids is 1. The van der Waals surface area contributed by atoms with Gasteiger partial charge >= 0.3 is 6.18 Å². The van der Waals surface area contributed by atoms with Crippen LogP contribution in [0.25, 0.3) is 22.2 Å². The van der Waals surface area contributed by atoms with Crippen LogP contribution in [-0.2, 0) is 23.8 Å². The van der Waals surface area contributed by atoms with Gasteiger partial charge in [-0.15, -0.1) is 0 Å². The highest BCUT2D eigenvalue weighted by molar-refractivity contribution is 5.83. The average molecular weight is 579 g/mol. The molecule has 4 heterocycles. The lowest BCUT2D eigenvalue weighted by atomic mass is 9.84. The number of fused-ring (bicyclic) bond motifs is 4. The Morgan fingerprint density at radius 3 is 2.64 bits per heavy atom. The number of nitrogens with one attached hydrogen (secondary N) is 1. The van der Waals surface area contributed by atoms with Crippen molar-refractivity contribution in [2.24, 2.45) is 11.7 Å². The number of amides is 1. The van der Waals surface area contributed by atoms with Gasteiger partial charge in [0.15, 0.2) is 5.69 Å². The molecule has 3 unspecified atom stereocenters. The first kappa shape index (κ1) is 26.3. The quantitative estimate of drug-likeness (QED) is 0.237. The van der Waals surface area contributed by atoms with Crippen LogP contribution in [-0.4, -0.2) is 30.6 Å². The number of benzene rings is 1. The Hall–Kier alpha value is -4.61. The van der Waals surface area contributed by atoms with E-state index in [2.05, 4.69) is 20.1 Å². The van der Waals surface area contributed by atoms with Gasteiger partial charge in [-0.2, -0.15) is 18.3 Å². The van der Waals surface area contributed by atoms with Gasteiger partial charge in [0.1, 0.15) is 23.3 Å². The van der Waals surface area contributed by atoms with Crippen LogP contribution in [0.3, 0.4) is 0 Å². The first-order valence-electron chi connectivity index (χ1n) is 13.4. The SMILES string of the molecule is NC(=O)C([C@H](Cc1cc(F)cc(F)c1)c1ncccc1-c1cnc2[nH]ccc2c1)n1nc(C(F)(F)F)c2c1CC1CC21. The zero-order chi connectivity index (χ0) is 29.3. The van der Waals surface area contributed by atoms with Crippen LogP contribution < -0.4 is 5.73 Å². The largest absolute Gasteiger partial charge is 0.435 e. The van der Waals surface area contributed by atoms with Gasteiger partial charge in [-0.25, -0.2) is 13.8 Å². The number of hydrogen-bond acceptors (Lipinski definition) is 4. The summed E-state index contributed by atoms with van der Waals surface area (Å²) in [4.78, 5) is 25.3. The molecule has 3 N–H and O–H groups in total. The maximum atomic E-state index is 14.3. The average Bonchev–Trinajstić information content (AvgIpc) is 3.24. The summed E-state index contributed by atoms with van der Waals surface area (Å²) in [5.74, 6) is -3.85. The van der Waals surface area contributed by atoms with E-state index in [-0.39, 0.29) is 29.4 Å². The first-order chi connectivity index (χ1) is 20.1. The minimum atomic E-state index is -4.73. The third-order valence-corrected chi connectivity index (χ3v) is 8.28. The number of rotatable bonds is 7. The van der Waals surface area contributed by atoms with E-state index in [0.29, 0.717) is 41.0 Å². The van der Waals surface area contributed by atoms with E-state index in [0.717, 1.165) is 28.3 Å². The lowest BCUT2D eigenvalue weighted by Gasteiger charge is -2.28. The number of carbonyl (C=O) groups is 1. The van der Waals surface area contributed by atoms with Crippen LogP contribution in [0.4, 0.5) is 22.0 Å². The van der Waals surface area contributed by atoms with Crippen molar-refractivity contribution >= 4 is 16.9 Å². The van der Waals surface area contributed by atoms with Gasteiger partial charge in [0, 0.05) is 58.3 Å². The molecule has 1 fully saturated rings. The Kier molecular flexibility index (Phi) is 5.93. The van der Waals surface area contributed by atoms with Crippen LogP contribution in [0.1, 0.15) is 52.5 Å². The summed E-state index contributed by atoms with van der Waals surface area (Å²) in [5.41, 5.74) is 7.68. The molecule has 7 rings (SSSR count). The van der Waals surface area contributed by atoms with Gasteiger partial charge in [0.05, 0.1) is 5.69 Å². The van der Waals surface area contributed by atoms with Gasteiger partial charge < -0.3 is 10.7 Å². The molecule has 0 radical (unpaired) electrons. The highest BCUT2D eigenvalue weighted by Gasteiger charge is 2.54. The second-order valence-electron chi connectivity index (χ2n) is 11.0. The fourth-order valence-electron chi connectivity index (χ4n) is 6.46. The summed E-state index contributed by atoms with van der Waals surface area (Å²) in [6.45, 7) is 0. The van der Waals surface area contributed by atoms with E-state index in [4.69, 9.17) is 5.73 Å². The molecule has 0 spiro atoms. The summed E-state index contributed by atoms with van der Waals surface area (Å²) in [6, 6.07) is 8.64. The molecule has 5 aromatic rings. The van der Waals surface area contributed by atoms with Crippen molar-refractivity contribution in [3.63, 3.8) is 0 Å². The molecular weight excluding hydrogens is 555 g/mol. The number of nitrogens with two attached hydrogens (primary N) is 1. The zero-order valence-corrected chi connectivity index (χ0v) is 21.9. The molecular formula is C30H23F5N6O. The molecule has 0 bridgehead atoms. The summed E-state index contributed by atoms with van der Waals surface area (Å²) in [5, 5.41) is 4.76. The van der Waals surface area contributed by atoms with Crippen molar-refractivity contribution in [1.82, 2.24) is 24.7 Å². The maximum absolute atomic E-state index is 14.3. The van der Waals surface area contributed by atoms with Gasteiger partial charge in [0.25, 0.3) is 0 Å². The molecule has 2 aliphatic carbocycles. The number of alkyl halides is 3. The molecule has 0 aliphatic heterocycles. The van der Waals surface area contributed by atoms with E-state index < -0.39 is 41.4 Å². The zero-order valence-electron chi connectivity index (χ0n) is 21.9. The number of aromatic nitrogens is 5. The van der Waals surface area contributed by atoms with Crippen molar-refractivity contribution in [3.8, 4) is 11.1 Å². The van der Waals surface area contributed by atoms with Crippen LogP contribution >= 0.6 is 0 Å². The third kappa shape index (κ3) is 4.41. The monoisotopic (exact) mass is 578 g/mol. The normalized spacial score (nSPS) is 19.0. The Morgan fingerprint density at radius 2 is 1.90 bits per heavy atom. The topological polar surface area (TPSA) is 102 Å². The van der Waals surface area contributed by atoms with E-state index >= 15 is 0 Å². The van der Waals surface area contributed by atoms with Gasteiger partial charge in [0.2, 0.25) is 5.91 Å². The summed E-state index contributed by atoms with van der Waals surface area (Å²) >= 11 is 0. The van der Waals surface area contributed by atoms with Crippen LogP contribution in [0.5, 0.6) is 0 Å². The molecule has 7 nitrogen and oxygen atoms in total. The van der Waals surface area contributed by atoms with Crippen molar-refractivity contribution in [1.29, 1.82) is 0 Å². The van der Waals surface area contributed by atoms with Crippen LogP contribution in [0, 0.1) is 17.6 Å². The van der Waals surface area contributed by atoms with E-state index in [1.54, 1.807) is 24.5 Å². The second kappa shape index (κ2) is 9.47. The number of primary amides is 1. The minimum absolute atomic E-state index is 0.0548. The number of hydrogen-bond donors (Lipinski definition) is 2.